The summed E-state index contributed by atoms with van der Waals surface area (Å²) in [7, 11) is -3.63. The van der Waals surface area contributed by atoms with Crippen LogP contribution < -0.4 is 4.90 Å². The molecule has 10 heteroatoms. The van der Waals surface area contributed by atoms with Crippen LogP contribution in [0.4, 0.5) is 5.13 Å². The van der Waals surface area contributed by atoms with Crippen LogP contribution in [0.15, 0.2) is 47.4 Å². The topological polar surface area (TPSA) is 83.1 Å². The second kappa shape index (κ2) is 9.50. The number of piperazine rings is 1. The fourth-order valence-electron chi connectivity index (χ4n) is 4.74. The Bertz CT molecular complexity index is 1320. The van der Waals surface area contributed by atoms with Crippen molar-refractivity contribution in [1.82, 2.24) is 14.2 Å². The molecule has 35 heavy (non-hydrogen) atoms. The highest BCUT2D eigenvalue weighted by molar-refractivity contribution is 7.89. The summed E-state index contributed by atoms with van der Waals surface area (Å²) in [5, 5.41) is 0.989. The van der Waals surface area contributed by atoms with E-state index in [4.69, 9.17) is 9.72 Å². The highest BCUT2D eigenvalue weighted by Crippen LogP contribution is 2.31. The fourth-order valence-corrected chi connectivity index (χ4v) is 7.42. The molecule has 5 rings (SSSR count). The number of hydrogen-bond acceptors (Lipinski definition) is 7. The molecule has 8 nitrogen and oxygen atoms in total. The van der Waals surface area contributed by atoms with E-state index < -0.39 is 10.0 Å². The summed E-state index contributed by atoms with van der Waals surface area (Å²) in [6.45, 7) is 9.08. The maximum absolute atomic E-state index is 13.1. The molecule has 1 aromatic heterocycles. The van der Waals surface area contributed by atoms with Gasteiger partial charge in [-0.25, -0.2) is 13.4 Å². The van der Waals surface area contributed by atoms with E-state index in [1.807, 2.05) is 18.7 Å². The van der Waals surface area contributed by atoms with E-state index in [1.165, 1.54) is 26.7 Å². The van der Waals surface area contributed by atoms with Gasteiger partial charge in [0.05, 0.1) is 27.3 Å². The van der Waals surface area contributed by atoms with Crippen LogP contribution >= 0.6 is 11.3 Å². The Morgan fingerprint density at radius 3 is 2.29 bits per heavy atom. The Balaban J connectivity index is 1.23. The zero-order valence-electron chi connectivity index (χ0n) is 20.2. The first kappa shape index (κ1) is 24.2. The number of aromatic nitrogens is 1. The van der Waals surface area contributed by atoms with Gasteiger partial charge in [-0.2, -0.15) is 4.31 Å². The normalized spacial score (nSPS) is 22.0. The van der Waals surface area contributed by atoms with Gasteiger partial charge in [0.2, 0.25) is 10.0 Å². The highest BCUT2D eigenvalue weighted by Gasteiger charge is 2.32. The van der Waals surface area contributed by atoms with Crippen molar-refractivity contribution >= 4 is 42.6 Å². The summed E-state index contributed by atoms with van der Waals surface area (Å²) in [4.78, 5) is 22.2. The van der Waals surface area contributed by atoms with Crippen molar-refractivity contribution in [2.24, 2.45) is 0 Å². The molecule has 0 saturated carbocycles. The third-order valence-corrected chi connectivity index (χ3v) is 9.50. The Kier molecular flexibility index (Phi) is 6.56. The standard InChI is InChI=1S/C25H30N4O4S2/c1-17-5-4-6-22-23(17)26-25(34-22)28-13-11-27(12-14-28)24(30)20-7-9-21(10-8-20)35(31,32)29-15-18(2)33-19(3)16-29/h4-10,18-19H,11-16H2,1-3H3. The zero-order valence-corrected chi connectivity index (χ0v) is 21.8. The number of thiazole rings is 1. The summed E-state index contributed by atoms with van der Waals surface area (Å²) < 4.78 is 34.5. The quantitative estimate of drug-likeness (QED) is 0.531. The Morgan fingerprint density at radius 1 is 1.00 bits per heavy atom. The zero-order chi connectivity index (χ0) is 24.7. The number of fused-ring (bicyclic) bond motifs is 1. The van der Waals surface area contributed by atoms with E-state index in [0.717, 1.165) is 10.6 Å². The van der Waals surface area contributed by atoms with Crippen LogP contribution in [0.5, 0.6) is 0 Å². The fraction of sp³-hybridized carbons (Fsp3) is 0.440. The largest absolute Gasteiger partial charge is 0.373 e. The molecular weight excluding hydrogens is 484 g/mol. The van der Waals surface area contributed by atoms with Crippen molar-refractivity contribution in [3.63, 3.8) is 0 Å². The van der Waals surface area contributed by atoms with Crippen LogP contribution in [0.25, 0.3) is 10.2 Å². The van der Waals surface area contributed by atoms with Gasteiger partial charge in [-0.3, -0.25) is 4.79 Å². The average Bonchev–Trinajstić information content (AvgIpc) is 3.29. The predicted octanol–water partition coefficient (Wildman–Crippen LogP) is 3.37. The van der Waals surface area contributed by atoms with Gasteiger partial charge in [0.15, 0.2) is 5.13 Å². The summed E-state index contributed by atoms with van der Waals surface area (Å²) in [6.07, 6.45) is -0.306. The van der Waals surface area contributed by atoms with Crippen molar-refractivity contribution in [3.8, 4) is 0 Å². The summed E-state index contributed by atoms with van der Waals surface area (Å²) in [6, 6.07) is 12.5. The Morgan fingerprint density at radius 2 is 1.66 bits per heavy atom. The second-order valence-electron chi connectivity index (χ2n) is 9.30. The number of hydrogen-bond donors (Lipinski definition) is 0. The van der Waals surface area contributed by atoms with Crippen LogP contribution in [0.3, 0.4) is 0 Å². The summed E-state index contributed by atoms with van der Waals surface area (Å²) >= 11 is 1.68. The van der Waals surface area contributed by atoms with Crippen LogP contribution in [0.2, 0.25) is 0 Å². The van der Waals surface area contributed by atoms with Crippen molar-refractivity contribution < 1.29 is 17.9 Å². The molecule has 2 fully saturated rings. The summed E-state index contributed by atoms with van der Waals surface area (Å²) in [5.74, 6) is -0.0811. The summed E-state index contributed by atoms with van der Waals surface area (Å²) in [5.41, 5.74) is 2.71. The Hall–Kier alpha value is -2.53. The molecule has 0 N–H and O–H groups in total. The smallest absolute Gasteiger partial charge is 0.253 e. The number of anilines is 1. The number of benzene rings is 2. The van der Waals surface area contributed by atoms with Gasteiger partial charge in [0.1, 0.15) is 0 Å². The molecule has 2 aliphatic rings. The molecule has 3 aromatic rings. The first-order valence-corrected chi connectivity index (χ1v) is 14.1. The minimum atomic E-state index is -3.63. The van der Waals surface area contributed by atoms with Crippen molar-refractivity contribution in [2.45, 2.75) is 37.9 Å². The van der Waals surface area contributed by atoms with E-state index in [-0.39, 0.29) is 23.0 Å². The first-order valence-electron chi connectivity index (χ1n) is 11.9. The number of ether oxygens (including phenoxy) is 1. The molecule has 2 unspecified atom stereocenters. The molecule has 2 atom stereocenters. The maximum atomic E-state index is 13.1. The van der Waals surface area contributed by atoms with Gasteiger partial charge < -0.3 is 14.5 Å². The molecule has 0 radical (unpaired) electrons. The molecular formula is C25H30N4O4S2. The van der Waals surface area contributed by atoms with E-state index in [2.05, 4.69) is 30.0 Å². The molecule has 0 aliphatic carbocycles. The molecule has 2 aliphatic heterocycles. The third kappa shape index (κ3) is 4.80. The lowest BCUT2D eigenvalue weighted by molar-refractivity contribution is -0.0440. The number of amides is 1. The predicted molar refractivity (Wildman–Crippen MR) is 138 cm³/mol. The van der Waals surface area contributed by atoms with Gasteiger partial charge in [-0.1, -0.05) is 23.5 Å². The molecule has 2 aromatic carbocycles. The van der Waals surface area contributed by atoms with Crippen molar-refractivity contribution in [1.29, 1.82) is 0 Å². The number of carbonyl (C=O) groups excluding carboxylic acids is 1. The van der Waals surface area contributed by atoms with Crippen LogP contribution in [0, 0.1) is 6.92 Å². The third-order valence-electron chi connectivity index (χ3n) is 6.57. The molecule has 0 spiro atoms. The van der Waals surface area contributed by atoms with Crippen molar-refractivity contribution in [3.05, 3.63) is 53.6 Å². The average molecular weight is 515 g/mol. The minimum Gasteiger partial charge on any atom is -0.373 e. The van der Waals surface area contributed by atoms with E-state index in [1.54, 1.807) is 23.5 Å². The monoisotopic (exact) mass is 514 g/mol. The molecule has 3 heterocycles. The van der Waals surface area contributed by atoms with Gasteiger partial charge in [-0.05, 0) is 56.7 Å². The number of sulfonamides is 1. The SMILES string of the molecule is Cc1cccc2sc(N3CCN(C(=O)c4ccc(S(=O)(=O)N5CC(C)OC(C)C5)cc4)CC3)nc12. The van der Waals surface area contributed by atoms with Crippen molar-refractivity contribution in [2.75, 3.05) is 44.2 Å². The number of rotatable bonds is 4. The number of aryl methyl sites for hydroxylation is 1. The van der Waals surface area contributed by atoms with Gasteiger partial charge in [0.25, 0.3) is 5.91 Å². The van der Waals surface area contributed by atoms with E-state index in [0.29, 0.717) is 44.8 Å². The second-order valence-corrected chi connectivity index (χ2v) is 12.2. The van der Waals surface area contributed by atoms with Crippen LogP contribution in [0.1, 0.15) is 29.8 Å². The number of nitrogens with zero attached hydrogens (tertiary/aromatic N) is 4. The number of morpholine rings is 1. The number of para-hydroxylation sites is 1. The Labute approximate surface area is 210 Å². The molecule has 2 saturated heterocycles. The van der Waals surface area contributed by atoms with E-state index >= 15 is 0 Å². The maximum Gasteiger partial charge on any atom is 0.253 e. The van der Waals surface area contributed by atoms with Crippen LogP contribution in [-0.4, -0.2) is 80.0 Å². The van der Waals surface area contributed by atoms with Gasteiger partial charge >= 0.3 is 0 Å². The van der Waals surface area contributed by atoms with Crippen LogP contribution in [-0.2, 0) is 14.8 Å². The lowest BCUT2D eigenvalue weighted by Crippen LogP contribution is -2.48. The number of carbonyl (C=O) groups is 1. The van der Waals surface area contributed by atoms with E-state index in [9.17, 15) is 13.2 Å². The first-order chi connectivity index (χ1) is 16.7. The minimum absolute atomic E-state index is 0.0811. The van der Waals surface area contributed by atoms with Gasteiger partial charge in [0, 0.05) is 44.8 Å². The lowest BCUT2D eigenvalue weighted by Gasteiger charge is -2.35. The highest BCUT2D eigenvalue weighted by atomic mass is 32.2. The lowest BCUT2D eigenvalue weighted by atomic mass is 10.2. The van der Waals surface area contributed by atoms with Gasteiger partial charge in [-0.15, -0.1) is 0 Å². The molecule has 1 amide bonds. The molecule has 186 valence electrons. The molecule has 0 bridgehead atoms.